The van der Waals surface area contributed by atoms with Crippen LogP contribution in [0.25, 0.3) is 0 Å². The first-order valence-corrected chi connectivity index (χ1v) is 6.52. The molecule has 2 fully saturated rings. The maximum atomic E-state index is 12.4. The topological polar surface area (TPSA) is 40.6 Å². The van der Waals surface area contributed by atoms with Gasteiger partial charge in [0.25, 0.3) is 0 Å². The highest BCUT2D eigenvalue weighted by atomic mass is 16.2. The number of hydrogen-bond donors (Lipinski definition) is 0. The third kappa shape index (κ3) is 1.75. The standard InChI is InChI=1S/C13H18N2O2/c16-12-5-3-4-11-10(6-9-15(11)12)13(17)14-7-1-2-8-14/h3-4,10-11H,1-2,5-9H2/t10-,11+/m1/s1. The van der Waals surface area contributed by atoms with Gasteiger partial charge in [-0.15, -0.1) is 0 Å². The lowest BCUT2D eigenvalue weighted by Crippen LogP contribution is -2.43. The van der Waals surface area contributed by atoms with E-state index in [0.29, 0.717) is 6.42 Å². The third-order valence-corrected chi connectivity index (χ3v) is 4.13. The fraction of sp³-hybridized carbons (Fsp3) is 0.692. The second-order valence-electron chi connectivity index (χ2n) is 5.14. The van der Waals surface area contributed by atoms with Crippen LogP contribution in [0.15, 0.2) is 12.2 Å². The van der Waals surface area contributed by atoms with E-state index in [-0.39, 0.29) is 23.8 Å². The lowest BCUT2D eigenvalue weighted by Gasteiger charge is -2.29. The number of likely N-dealkylation sites (tertiary alicyclic amines) is 1. The normalized spacial score (nSPS) is 32.1. The van der Waals surface area contributed by atoms with E-state index in [1.807, 2.05) is 22.0 Å². The van der Waals surface area contributed by atoms with Crippen molar-refractivity contribution in [3.8, 4) is 0 Å². The van der Waals surface area contributed by atoms with E-state index < -0.39 is 0 Å². The number of carbonyl (C=O) groups excluding carboxylic acids is 2. The van der Waals surface area contributed by atoms with Gasteiger partial charge in [0.2, 0.25) is 11.8 Å². The highest BCUT2D eigenvalue weighted by molar-refractivity contribution is 5.85. The van der Waals surface area contributed by atoms with Gasteiger partial charge >= 0.3 is 0 Å². The second-order valence-corrected chi connectivity index (χ2v) is 5.14. The molecule has 3 aliphatic rings. The summed E-state index contributed by atoms with van der Waals surface area (Å²) in [7, 11) is 0. The summed E-state index contributed by atoms with van der Waals surface area (Å²) in [5.74, 6) is 0.442. The number of rotatable bonds is 1. The Bertz CT molecular complexity index is 372. The lowest BCUT2D eigenvalue weighted by atomic mass is 9.96. The van der Waals surface area contributed by atoms with Crippen molar-refractivity contribution in [2.24, 2.45) is 5.92 Å². The van der Waals surface area contributed by atoms with Gasteiger partial charge in [0.1, 0.15) is 0 Å². The summed E-state index contributed by atoms with van der Waals surface area (Å²) in [6.07, 6.45) is 7.55. The predicted molar refractivity (Wildman–Crippen MR) is 63.2 cm³/mol. The lowest BCUT2D eigenvalue weighted by molar-refractivity contribution is -0.136. The van der Waals surface area contributed by atoms with Crippen LogP contribution in [0.1, 0.15) is 25.7 Å². The van der Waals surface area contributed by atoms with E-state index in [2.05, 4.69) is 0 Å². The Kier molecular flexibility index (Phi) is 2.65. The molecule has 0 unspecified atom stereocenters. The molecular formula is C13H18N2O2. The van der Waals surface area contributed by atoms with Gasteiger partial charge in [-0.25, -0.2) is 0 Å². The molecule has 2 amide bonds. The van der Waals surface area contributed by atoms with Gasteiger partial charge in [-0.3, -0.25) is 9.59 Å². The van der Waals surface area contributed by atoms with Crippen LogP contribution in [0.2, 0.25) is 0 Å². The van der Waals surface area contributed by atoms with Crippen LogP contribution in [-0.2, 0) is 9.59 Å². The first kappa shape index (κ1) is 10.8. The predicted octanol–water partition coefficient (Wildman–Crippen LogP) is 0.786. The maximum absolute atomic E-state index is 12.4. The average molecular weight is 234 g/mol. The molecule has 92 valence electrons. The molecular weight excluding hydrogens is 216 g/mol. The van der Waals surface area contributed by atoms with E-state index in [9.17, 15) is 9.59 Å². The number of fused-ring (bicyclic) bond motifs is 1. The zero-order valence-electron chi connectivity index (χ0n) is 9.97. The number of hydrogen-bond acceptors (Lipinski definition) is 2. The van der Waals surface area contributed by atoms with Crippen molar-refractivity contribution in [2.45, 2.75) is 31.7 Å². The van der Waals surface area contributed by atoms with Crippen LogP contribution in [0.5, 0.6) is 0 Å². The first-order valence-electron chi connectivity index (χ1n) is 6.52. The molecule has 3 heterocycles. The Morgan fingerprint density at radius 3 is 2.76 bits per heavy atom. The Labute approximate surface area is 101 Å². The minimum Gasteiger partial charge on any atom is -0.342 e. The molecule has 0 N–H and O–H groups in total. The van der Waals surface area contributed by atoms with Gasteiger partial charge in [-0.2, -0.15) is 0 Å². The molecule has 0 aromatic carbocycles. The van der Waals surface area contributed by atoms with Gasteiger partial charge in [-0.05, 0) is 19.3 Å². The maximum Gasteiger partial charge on any atom is 0.228 e. The molecule has 0 aromatic heterocycles. The Morgan fingerprint density at radius 1 is 1.24 bits per heavy atom. The summed E-state index contributed by atoms with van der Waals surface area (Å²) in [5, 5.41) is 0. The van der Waals surface area contributed by atoms with Crippen molar-refractivity contribution >= 4 is 11.8 Å². The van der Waals surface area contributed by atoms with Crippen molar-refractivity contribution < 1.29 is 9.59 Å². The Hall–Kier alpha value is -1.32. The molecule has 0 spiro atoms. The zero-order chi connectivity index (χ0) is 11.8. The second kappa shape index (κ2) is 4.17. The van der Waals surface area contributed by atoms with E-state index in [4.69, 9.17) is 0 Å². The molecule has 3 aliphatic heterocycles. The molecule has 4 nitrogen and oxygen atoms in total. The summed E-state index contributed by atoms with van der Waals surface area (Å²) in [4.78, 5) is 27.9. The van der Waals surface area contributed by atoms with Gasteiger partial charge in [0.05, 0.1) is 12.0 Å². The van der Waals surface area contributed by atoms with Crippen molar-refractivity contribution in [3.63, 3.8) is 0 Å². The smallest absolute Gasteiger partial charge is 0.228 e. The Balaban J connectivity index is 1.76. The fourth-order valence-corrected chi connectivity index (χ4v) is 3.21. The molecule has 4 heteroatoms. The number of nitrogens with zero attached hydrogens (tertiary/aromatic N) is 2. The van der Waals surface area contributed by atoms with Crippen LogP contribution in [0.4, 0.5) is 0 Å². The molecule has 0 bridgehead atoms. The minimum atomic E-state index is 0.00796. The Morgan fingerprint density at radius 2 is 2.00 bits per heavy atom. The first-order chi connectivity index (χ1) is 8.27. The average Bonchev–Trinajstić information content (AvgIpc) is 2.98. The summed E-state index contributed by atoms with van der Waals surface area (Å²) in [6.45, 7) is 2.55. The molecule has 0 radical (unpaired) electrons. The van der Waals surface area contributed by atoms with Gasteiger partial charge in [0, 0.05) is 26.1 Å². The van der Waals surface area contributed by atoms with Crippen molar-refractivity contribution in [3.05, 3.63) is 12.2 Å². The zero-order valence-corrected chi connectivity index (χ0v) is 9.97. The number of amides is 2. The molecule has 0 saturated carbocycles. The SMILES string of the molecule is O=C([C@@H]1CCN2C(=O)CC=C[C@@H]12)N1CCCC1. The summed E-state index contributed by atoms with van der Waals surface area (Å²) in [6, 6.07) is 0.0318. The summed E-state index contributed by atoms with van der Waals surface area (Å²) < 4.78 is 0. The van der Waals surface area contributed by atoms with Crippen LogP contribution in [0, 0.1) is 5.92 Å². The van der Waals surface area contributed by atoms with Crippen LogP contribution in [0.3, 0.4) is 0 Å². The molecule has 0 aliphatic carbocycles. The monoisotopic (exact) mass is 234 g/mol. The minimum absolute atomic E-state index is 0.00796. The summed E-state index contributed by atoms with van der Waals surface area (Å²) >= 11 is 0. The van der Waals surface area contributed by atoms with Crippen LogP contribution in [-0.4, -0.2) is 47.3 Å². The van der Waals surface area contributed by atoms with Gasteiger partial charge < -0.3 is 9.80 Å². The van der Waals surface area contributed by atoms with Crippen LogP contribution >= 0.6 is 0 Å². The van der Waals surface area contributed by atoms with E-state index >= 15 is 0 Å². The van der Waals surface area contributed by atoms with Crippen LogP contribution < -0.4 is 0 Å². The molecule has 17 heavy (non-hydrogen) atoms. The van der Waals surface area contributed by atoms with Gasteiger partial charge in [-0.1, -0.05) is 12.2 Å². The van der Waals surface area contributed by atoms with E-state index in [1.54, 1.807) is 0 Å². The van der Waals surface area contributed by atoms with Gasteiger partial charge in [0.15, 0.2) is 0 Å². The van der Waals surface area contributed by atoms with Crippen molar-refractivity contribution in [2.75, 3.05) is 19.6 Å². The van der Waals surface area contributed by atoms with Crippen molar-refractivity contribution in [1.82, 2.24) is 9.80 Å². The molecule has 2 saturated heterocycles. The summed E-state index contributed by atoms with van der Waals surface area (Å²) in [5.41, 5.74) is 0. The highest BCUT2D eigenvalue weighted by Crippen LogP contribution is 2.31. The third-order valence-electron chi connectivity index (χ3n) is 4.13. The molecule has 2 atom stereocenters. The molecule has 3 rings (SSSR count). The fourth-order valence-electron chi connectivity index (χ4n) is 3.21. The quantitative estimate of drug-likeness (QED) is 0.629. The van der Waals surface area contributed by atoms with E-state index in [1.165, 1.54) is 0 Å². The largest absolute Gasteiger partial charge is 0.342 e. The highest BCUT2D eigenvalue weighted by Gasteiger charge is 2.42. The van der Waals surface area contributed by atoms with Crippen molar-refractivity contribution in [1.29, 1.82) is 0 Å². The molecule has 0 aromatic rings. The van der Waals surface area contributed by atoms with E-state index in [0.717, 1.165) is 38.9 Å². The number of carbonyl (C=O) groups is 2.